The van der Waals surface area contributed by atoms with Crippen LogP contribution in [0.5, 0.6) is 0 Å². The third kappa shape index (κ3) is 5.23. The minimum absolute atomic E-state index is 0.110. The van der Waals surface area contributed by atoms with Gasteiger partial charge in [-0.1, -0.05) is 52.0 Å². The number of nitrogens with zero attached hydrogens (tertiary/aromatic N) is 2. The highest BCUT2D eigenvalue weighted by Crippen LogP contribution is 2.35. The number of nitrogens with one attached hydrogen (secondary N) is 2. The van der Waals surface area contributed by atoms with Gasteiger partial charge in [0.1, 0.15) is 6.17 Å². The summed E-state index contributed by atoms with van der Waals surface area (Å²) in [5, 5.41) is 16.6. The van der Waals surface area contributed by atoms with Crippen molar-refractivity contribution in [3.8, 4) is 6.07 Å². The lowest BCUT2D eigenvalue weighted by Gasteiger charge is -2.35. The first kappa shape index (κ1) is 25.7. The fourth-order valence-corrected chi connectivity index (χ4v) is 5.75. The van der Waals surface area contributed by atoms with Crippen LogP contribution in [0.15, 0.2) is 60.1 Å². The van der Waals surface area contributed by atoms with Crippen molar-refractivity contribution in [2.45, 2.75) is 78.3 Å². The van der Waals surface area contributed by atoms with Crippen molar-refractivity contribution in [2.24, 2.45) is 0 Å². The van der Waals surface area contributed by atoms with Gasteiger partial charge in [0, 0.05) is 30.0 Å². The first-order valence-electron chi connectivity index (χ1n) is 13.6. The second-order valence-corrected chi connectivity index (χ2v) is 10.0. The van der Waals surface area contributed by atoms with E-state index >= 15 is 0 Å². The van der Waals surface area contributed by atoms with Crippen LogP contribution in [0.2, 0.25) is 0 Å². The van der Waals surface area contributed by atoms with Crippen molar-refractivity contribution in [1.29, 1.82) is 5.26 Å². The van der Waals surface area contributed by atoms with E-state index in [4.69, 9.17) is 5.26 Å². The molecular weight excluding hydrogens is 440 g/mol. The number of nitriles is 1. The summed E-state index contributed by atoms with van der Waals surface area (Å²) in [6.07, 6.45) is 6.51. The van der Waals surface area contributed by atoms with Crippen LogP contribution in [0.4, 0.5) is 0 Å². The smallest absolute Gasteiger partial charge is 0.123 e. The zero-order valence-electron chi connectivity index (χ0n) is 22.4. The molecule has 2 aliphatic rings. The van der Waals surface area contributed by atoms with E-state index in [2.05, 4.69) is 85.9 Å². The number of piperidine rings is 1. The molecule has 0 saturated carbocycles. The van der Waals surface area contributed by atoms with Crippen molar-refractivity contribution in [3.63, 3.8) is 0 Å². The molecule has 188 valence electrons. The summed E-state index contributed by atoms with van der Waals surface area (Å²) in [5.41, 5.74) is 14.4. The summed E-state index contributed by atoms with van der Waals surface area (Å²) >= 11 is 0. The van der Waals surface area contributed by atoms with E-state index in [1.807, 2.05) is 12.1 Å². The maximum absolute atomic E-state index is 9.10. The van der Waals surface area contributed by atoms with E-state index in [1.54, 1.807) is 0 Å². The monoisotopic (exact) mass is 480 g/mol. The van der Waals surface area contributed by atoms with E-state index < -0.39 is 0 Å². The second-order valence-electron chi connectivity index (χ2n) is 10.0. The lowest BCUT2D eigenvalue weighted by Crippen LogP contribution is -2.32. The predicted octanol–water partition coefficient (Wildman–Crippen LogP) is 7.05. The molecule has 2 heterocycles. The molecule has 0 aliphatic carbocycles. The van der Waals surface area contributed by atoms with Crippen LogP contribution >= 0.6 is 0 Å². The minimum Gasteiger partial charge on any atom is -0.365 e. The van der Waals surface area contributed by atoms with Crippen molar-refractivity contribution in [2.75, 3.05) is 13.1 Å². The van der Waals surface area contributed by atoms with E-state index in [0.29, 0.717) is 5.92 Å². The lowest BCUT2D eigenvalue weighted by atomic mass is 9.88. The van der Waals surface area contributed by atoms with Crippen LogP contribution in [0.25, 0.3) is 5.70 Å². The average molecular weight is 481 g/mol. The van der Waals surface area contributed by atoms with E-state index in [-0.39, 0.29) is 6.17 Å². The van der Waals surface area contributed by atoms with E-state index in [9.17, 15) is 0 Å². The highest BCUT2D eigenvalue weighted by Gasteiger charge is 2.27. The van der Waals surface area contributed by atoms with Gasteiger partial charge in [0.15, 0.2) is 0 Å². The Morgan fingerprint density at radius 3 is 2.31 bits per heavy atom. The third-order valence-corrected chi connectivity index (χ3v) is 7.78. The molecule has 1 fully saturated rings. The molecule has 0 spiro atoms. The number of aryl methyl sites for hydroxylation is 2. The number of hydrogen-bond donors (Lipinski definition) is 2. The number of likely N-dealkylation sites (tertiary alicyclic amines) is 1. The first-order valence-corrected chi connectivity index (χ1v) is 13.6. The molecular formula is C32H40N4. The molecule has 2 N–H and O–H groups in total. The van der Waals surface area contributed by atoms with Gasteiger partial charge >= 0.3 is 0 Å². The normalized spacial score (nSPS) is 17.9. The van der Waals surface area contributed by atoms with Crippen molar-refractivity contribution in [1.82, 2.24) is 15.5 Å². The largest absolute Gasteiger partial charge is 0.365 e. The maximum Gasteiger partial charge on any atom is 0.123 e. The van der Waals surface area contributed by atoms with Gasteiger partial charge in [0.05, 0.1) is 17.3 Å². The van der Waals surface area contributed by atoms with Crippen LogP contribution in [0.1, 0.15) is 98.3 Å². The first-order chi connectivity index (χ1) is 17.5. The van der Waals surface area contributed by atoms with Gasteiger partial charge in [-0.25, -0.2) is 0 Å². The maximum atomic E-state index is 9.10. The van der Waals surface area contributed by atoms with Gasteiger partial charge in [0.2, 0.25) is 0 Å². The molecule has 1 saturated heterocycles. The minimum atomic E-state index is 0.110. The van der Waals surface area contributed by atoms with Crippen LogP contribution < -0.4 is 10.6 Å². The lowest BCUT2D eigenvalue weighted by molar-refractivity contribution is 0.299. The Kier molecular flexibility index (Phi) is 8.24. The molecule has 2 aliphatic heterocycles. The summed E-state index contributed by atoms with van der Waals surface area (Å²) in [4.78, 5) is 2.47. The van der Waals surface area contributed by atoms with Crippen molar-refractivity contribution < 1.29 is 0 Å². The summed E-state index contributed by atoms with van der Waals surface area (Å²) < 4.78 is 0. The van der Waals surface area contributed by atoms with Crippen LogP contribution in [-0.2, 0) is 6.42 Å². The van der Waals surface area contributed by atoms with Gasteiger partial charge < -0.3 is 15.5 Å². The molecule has 4 nitrogen and oxygen atoms in total. The standard InChI is InChI=1S/C32H40N4/c1-6-10-30-29(8-3)34-32(35-30)27-20-28(24(7-2)19-22(27)5)31(9-4)36-17-15-26(16-18-36)25-13-11-23(21-33)12-14-25/h11-14,19-20,26,32,34-35H,4,6-8,10,15-18H2,1-3,5H3. The topological polar surface area (TPSA) is 51.1 Å². The summed E-state index contributed by atoms with van der Waals surface area (Å²) in [5.74, 6) is 0.529. The van der Waals surface area contributed by atoms with E-state index in [1.165, 1.54) is 39.2 Å². The molecule has 36 heavy (non-hydrogen) atoms. The second kappa shape index (κ2) is 11.5. The number of rotatable bonds is 8. The quantitative estimate of drug-likeness (QED) is 0.398. The third-order valence-electron chi connectivity index (χ3n) is 7.78. The number of allylic oxidation sites excluding steroid dienone is 2. The molecule has 2 aromatic rings. The number of benzene rings is 2. The summed E-state index contributed by atoms with van der Waals surface area (Å²) in [6.45, 7) is 15.0. The highest BCUT2D eigenvalue weighted by molar-refractivity contribution is 5.68. The Labute approximate surface area is 217 Å². The molecule has 1 atom stereocenters. The zero-order chi connectivity index (χ0) is 25.7. The summed E-state index contributed by atoms with van der Waals surface area (Å²) in [7, 11) is 0. The Bertz CT molecular complexity index is 1200. The van der Waals surface area contributed by atoms with Gasteiger partial charge in [-0.15, -0.1) is 5.73 Å². The molecule has 4 heteroatoms. The highest BCUT2D eigenvalue weighted by atomic mass is 15.2. The molecule has 0 amide bonds. The van der Waals surface area contributed by atoms with Crippen molar-refractivity contribution in [3.05, 3.63) is 93.5 Å². The van der Waals surface area contributed by atoms with Gasteiger partial charge in [-0.3, -0.25) is 0 Å². The predicted molar refractivity (Wildman–Crippen MR) is 149 cm³/mol. The molecule has 1 unspecified atom stereocenters. The Morgan fingerprint density at radius 2 is 1.72 bits per heavy atom. The number of hydrogen-bond acceptors (Lipinski definition) is 4. The van der Waals surface area contributed by atoms with Gasteiger partial charge in [-0.2, -0.15) is 5.26 Å². The Balaban J connectivity index is 1.55. The Morgan fingerprint density at radius 1 is 1.03 bits per heavy atom. The van der Waals surface area contributed by atoms with Crippen LogP contribution in [0.3, 0.4) is 0 Å². The molecule has 0 radical (unpaired) electrons. The molecule has 0 aromatic heterocycles. The SMILES string of the molecule is C=C=C(c1cc(C2NC(CC)=C(CCC)N2)c(C)cc1CC)N1CCC(c2ccc(C#N)cc2)CC1. The molecule has 4 rings (SSSR count). The molecule has 0 bridgehead atoms. The fraction of sp³-hybridized carbons (Fsp3) is 0.438. The van der Waals surface area contributed by atoms with Gasteiger partial charge in [0.25, 0.3) is 0 Å². The van der Waals surface area contributed by atoms with Crippen LogP contribution in [-0.4, -0.2) is 18.0 Å². The fourth-order valence-electron chi connectivity index (χ4n) is 5.75. The van der Waals surface area contributed by atoms with E-state index in [0.717, 1.165) is 62.9 Å². The van der Waals surface area contributed by atoms with Crippen molar-refractivity contribution >= 4 is 5.70 Å². The summed E-state index contributed by atoms with van der Waals surface area (Å²) in [6, 6.07) is 15.1. The zero-order valence-corrected chi connectivity index (χ0v) is 22.4. The van der Waals surface area contributed by atoms with Crippen LogP contribution in [0, 0.1) is 18.3 Å². The molecule has 2 aromatic carbocycles. The Hall–Kier alpha value is -3.41. The average Bonchev–Trinajstić information content (AvgIpc) is 3.33. The van der Waals surface area contributed by atoms with Gasteiger partial charge in [-0.05, 0) is 85.4 Å².